The standard InChI is InChI=1S/C26H29FN2O2S/c1-6-29-22-11-16(2)19(12-21(22)17(3)14-26(29,4)5)13-23-24(30)28(25(31)32-23)15-18-7-9-20(27)10-8-18/h7-13,17H,6,14-15H2,1-5H3/b23-13-. The number of amides is 2. The van der Waals surface area contributed by atoms with Crippen LogP contribution in [0.25, 0.3) is 6.08 Å². The van der Waals surface area contributed by atoms with Crippen molar-refractivity contribution in [3.05, 3.63) is 69.4 Å². The summed E-state index contributed by atoms with van der Waals surface area (Å²) in [5.41, 5.74) is 5.41. The van der Waals surface area contributed by atoms with Crippen molar-refractivity contribution in [2.45, 2.75) is 59.0 Å². The van der Waals surface area contributed by atoms with Gasteiger partial charge >= 0.3 is 0 Å². The lowest BCUT2D eigenvalue weighted by atomic mass is 9.79. The predicted octanol–water partition coefficient (Wildman–Crippen LogP) is 6.48. The zero-order valence-corrected chi connectivity index (χ0v) is 20.1. The van der Waals surface area contributed by atoms with Gasteiger partial charge in [-0.3, -0.25) is 14.5 Å². The summed E-state index contributed by atoms with van der Waals surface area (Å²) in [7, 11) is 0. The Kier molecular flexibility index (Phi) is 5.93. The van der Waals surface area contributed by atoms with E-state index in [2.05, 4.69) is 51.7 Å². The molecule has 32 heavy (non-hydrogen) atoms. The average Bonchev–Trinajstić information content (AvgIpc) is 2.98. The van der Waals surface area contributed by atoms with Crippen LogP contribution in [0.2, 0.25) is 0 Å². The predicted molar refractivity (Wildman–Crippen MR) is 129 cm³/mol. The largest absolute Gasteiger partial charge is 0.366 e. The van der Waals surface area contributed by atoms with Crippen molar-refractivity contribution in [2.75, 3.05) is 11.4 Å². The van der Waals surface area contributed by atoms with Crippen molar-refractivity contribution >= 4 is 34.7 Å². The number of fused-ring (bicyclic) bond motifs is 1. The van der Waals surface area contributed by atoms with Crippen LogP contribution in [-0.2, 0) is 11.3 Å². The van der Waals surface area contributed by atoms with E-state index in [0.717, 1.165) is 41.4 Å². The molecule has 0 aliphatic carbocycles. The maximum Gasteiger partial charge on any atom is 0.293 e. The molecule has 0 saturated carbocycles. The van der Waals surface area contributed by atoms with Crippen LogP contribution in [0.15, 0.2) is 41.3 Å². The van der Waals surface area contributed by atoms with Crippen LogP contribution in [0.1, 0.15) is 62.3 Å². The van der Waals surface area contributed by atoms with Crippen LogP contribution in [0.3, 0.4) is 0 Å². The van der Waals surface area contributed by atoms with Crippen LogP contribution >= 0.6 is 11.8 Å². The summed E-state index contributed by atoms with van der Waals surface area (Å²) in [6.07, 6.45) is 2.90. The van der Waals surface area contributed by atoms with Gasteiger partial charge in [0.1, 0.15) is 5.82 Å². The highest BCUT2D eigenvalue weighted by Crippen LogP contribution is 2.45. The number of carbonyl (C=O) groups excluding carboxylic acids is 2. The van der Waals surface area contributed by atoms with E-state index in [4.69, 9.17) is 0 Å². The molecule has 2 amide bonds. The van der Waals surface area contributed by atoms with Gasteiger partial charge in [-0.25, -0.2) is 4.39 Å². The Balaban J connectivity index is 1.64. The molecule has 2 aromatic carbocycles. The average molecular weight is 453 g/mol. The molecule has 0 spiro atoms. The van der Waals surface area contributed by atoms with Gasteiger partial charge in [0.05, 0.1) is 11.4 Å². The SMILES string of the molecule is CCN1c2cc(C)c(/C=C3\SC(=O)N(Cc4ccc(F)cc4)C3=O)cc2C(C)CC1(C)C. The third-order valence-electron chi connectivity index (χ3n) is 6.50. The number of nitrogens with zero attached hydrogens (tertiary/aromatic N) is 2. The number of hydrogen-bond acceptors (Lipinski definition) is 4. The molecular weight excluding hydrogens is 423 g/mol. The highest BCUT2D eigenvalue weighted by molar-refractivity contribution is 8.18. The Morgan fingerprint density at radius 1 is 1.19 bits per heavy atom. The molecule has 0 radical (unpaired) electrons. The number of benzene rings is 2. The minimum Gasteiger partial charge on any atom is -0.366 e. The van der Waals surface area contributed by atoms with Crippen molar-refractivity contribution in [3.8, 4) is 0 Å². The first kappa shape index (κ1) is 22.6. The molecule has 1 fully saturated rings. The van der Waals surface area contributed by atoms with E-state index in [1.807, 2.05) is 6.08 Å². The number of hydrogen-bond donors (Lipinski definition) is 0. The first-order valence-corrected chi connectivity index (χ1v) is 11.8. The first-order chi connectivity index (χ1) is 15.1. The summed E-state index contributed by atoms with van der Waals surface area (Å²) >= 11 is 0.965. The smallest absolute Gasteiger partial charge is 0.293 e. The second-order valence-corrected chi connectivity index (χ2v) is 10.3. The maximum atomic E-state index is 13.2. The fourth-order valence-corrected chi connectivity index (χ4v) is 5.78. The van der Waals surface area contributed by atoms with Gasteiger partial charge < -0.3 is 4.90 Å². The zero-order valence-electron chi connectivity index (χ0n) is 19.2. The summed E-state index contributed by atoms with van der Waals surface area (Å²) in [5.74, 6) is -0.236. The molecule has 1 atom stereocenters. The summed E-state index contributed by atoms with van der Waals surface area (Å²) < 4.78 is 13.2. The maximum absolute atomic E-state index is 13.2. The molecule has 168 valence electrons. The Morgan fingerprint density at radius 3 is 2.53 bits per heavy atom. The lowest BCUT2D eigenvalue weighted by Gasteiger charge is -2.47. The minimum absolute atomic E-state index is 0.0954. The zero-order chi connectivity index (χ0) is 23.2. The van der Waals surface area contributed by atoms with Crippen LogP contribution < -0.4 is 4.90 Å². The van der Waals surface area contributed by atoms with E-state index in [1.165, 1.54) is 28.3 Å². The normalized spacial score (nSPS) is 21.4. The van der Waals surface area contributed by atoms with Crippen molar-refractivity contribution < 1.29 is 14.0 Å². The number of imide groups is 1. The Morgan fingerprint density at radius 2 is 1.88 bits per heavy atom. The molecule has 4 nitrogen and oxygen atoms in total. The van der Waals surface area contributed by atoms with Crippen molar-refractivity contribution in [1.82, 2.24) is 4.90 Å². The monoisotopic (exact) mass is 452 g/mol. The highest BCUT2D eigenvalue weighted by Gasteiger charge is 2.37. The Hall–Kier alpha value is -2.60. The summed E-state index contributed by atoms with van der Waals surface area (Å²) in [6.45, 7) is 12.1. The van der Waals surface area contributed by atoms with E-state index >= 15 is 0 Å². The molecule has 2 aliphatic rings. The molecular formula is C26H29FN2O2S. The molecule has 2 aromatic rings. The summed E-state index contributed by atoms with van der Waals surface area (Å²) in [4.78, 5) is 29.6. The van der Waals surface area contributed by atoms with Gasteiger partial charge in [0, 0.05) is 17.8 Å². The van der Waals surface area contributed by atoms with E-state index < -0.39 is 0 Å². The molecule has 2 heterocycles. The Labute approximate surface area is 193 Å². The molecule has 0 N–H and O–H groups in total. The molecule has 1 saturated heterocycles. The van der Waals surface area contributed by atoms with Gasteiger partial charge in [-0.2, -0.15) is 0 Å². The van der Waals surface area contributed by atoms with E-state index in [9.17, 15) is 14.0 Å². The lowest BCUT2D eigenvalue weighted by Crippen LogP contribution is -2.48. The highest BCUT2D eigenvalue weighted by atomic mass is 32.2. The van der Waals surface area contributed by atoms with E-state index in [-0.39, 0.29) is 29.0 Å². The van der Waals surface area contributed by atoms with E-state index in [1.54, 1.807) is 12.1 Å². The number of thioether (sulfide) groups is 1. The lowest BCUT2D eigenvalue weighted by molar-refractivity contribution is -0.123. The van der Waals surface area contributed by atoms with Gasteiger partial charge in [-0.1, -0.05) is 19.1 Å². The van der Waals surface area contributed by atoms with Crippen LogP contribution in [-0.4, -0.2) is 28.1 Å². The van der Waals surface area contributed by atoms with Crippen molar-refractivity contribution in [1.29, 1.82) is 0 Å². The van der Waals surface area contributed by atoms with Crippen LogP contribution in [0.5, 0.6) is 0 Å². The van der Waals surface area contributed by atoms with Crippen molar-refractivity contribution in [3.63, 3.8) is 0 Å². The van der Waals surface area contributed by atoms with Crippen molar-refractivity contribution in [2.24, 2.45) is 0 Å². The Bertz CT molecular complexity index is 1110. The van der Waals surface area contributed by atoms with Crippen LogP contribution in [0.4, 0.5) is 14.9 Å². The topological polar surface area (TPSA) is 40.6 Å². The van der Waals surface area contributed by atoms with Gasteiger partial charge in [0.2, 0.25) is 0 Å². The summed E-state index contributed by atoms with van der Waals surface area (Å²) in [5, 5.41) is -0.298. The second-order valence-electron chi connectivity index (χ2n) is 9.32. The van der Waals surface area contributed by atoms with Crippen LogP contribution in [0, 0.1) is 12.7 Å². The quantitative estimate of drug-likeness (QED) is 0.498. The molecule has 0 bridgehead atoms. The fraction of sp³-hybridized carbons (Fsp3) is 0.385. The number of anilines is 1. The van der Waals surface area contributed by atoms with Gasteiger partial charge in [0.15, 0.2) is 0 Å². The van der Waals surface area contributed by atoms with Gasteiger partial charge in [-0.15, -0.1) is 0 Å². The second kappa shape index (κ2) is 8.39. The third-order valence-corrected chi connectivity index (χ3v) is 7.41. The van der Waals surface area contributed by atoms with Gasteiger partial charge in [-0.05, 0) is 104 Å². The number of carbonyl (C=O) groups is 2. The minimum atomic E-state index is -0.343. The molecule has 2 aliphatic heterocycles. The first-order valence-electron chi connectivity index (χ1n) is 11.0. The molecule has 6 heteroatoms. The van der Waals surface area contributed by atoms with Gasteiger partial charge in [0.25, 0.3) is 11.1 Å². The molecule has 4 rings (SSSR count). The van der Waals surface area contributed by atoms with E-state index in [0.29, 0.717) is 10.8 Å². The number of aryl methyl sites for hydroxylation is 1. The molecule has 1 unspecified atom stereocenters. The third kappa shape index (κ3) is 4.08. The fourth-order valence-electron chi connectivity index (χ4n) is 4.95. The number of halogens is 1. The summed E-state index contributed by atoms with van der Waals surface area (Å²) in [6, 6.07) is 10.3. The number of rotatable bonds is 4. The molecule has 0 aromatic heterocycles.